The molecule has 1 aromatic heterocycles. The number of aliphatic hydroxyl groups excluding tert-OH is 2. The number of rotatable bonds is 3. The zero-order chi connectivity index (χ0) is 15.1. The van der Waals surface area contributed by atoms with E-state index in [1.54, 1.807) is 0 Å². The van der Waals surface area contributed by atoms with E-state index in [9.17, 15) is 24.8 Å². The predicted molar refractivity (Wildman–Crippen MR) is 72.4 cm³/mol. The number of aromatic nitrogens is 2. The molecule has 0 radical (unpaired) electrons. The van der Waals surface area contributed by atoms with Gasteiger partial charge in [-0.3, -0.25) is 4.57 Å². The lowest BCUT2D eigenvalue weighted by Gasteiger charge is -2.23. The number of aliphatic hydroxyl groups is 2. The number of nitrogens with two attached hydrogens (primary N) is 1. The Labute approximate surface area is 118 Å². The summed E-state index contributed by atoms with van der Waals surface area (Å²) in [5, 5.41) is 19.3. The van der Waals surface area contributed by atoms with Gasteiger partial charge in [-0.05, 0) is 17.9 Å². The van der Waals surface area contributed by atoms with Crippen molar-refractivity contribution in [2.24, 2.45) is 0 Å². The smallest absolute Gasteiger partial charge is 0.351 e. The normalized spacial score (nSPS) is 30.6. The van der Waals surface area contributed by atoms with Gasteiger partial charge in [0.2, 0.25) is 0 Å². The van der Waals surface area contributed by atoms with Gasteiger partial charge in [-0.15, -0.1) is 0 Å². The lowest BCUT2D eigenvalue weighted by molar-refractivity contribution is -0.0529. The molecule has 1 aromatic rings. The van der Waals surface area contributed by atoms with E-state index in [1.807, 2.05) is 0 Å². The molecule has 0 aromatic carbocycles. The number of hydrogen-bond donors (Lipinski definition) is 5. The number of anilines is 1. The van der Waals surface area contributed by atoms with Crippen LogP contribution in [0.3, 0.4) is 0 Å². The van der Waals surface area contributed by atoms with Crippen molar-refractivity contribution in [1.29, 1.82) is 0 Å². The molecule has 1 aliphatic rings. The zero-order valence-electron chi connectivity index (χ0n) is 10.1. The zero-order valence-corrected chi connectivity index (χ0v) is 11.8. The van der Waals surface area contributed by atoms with E-state index >= 15 is 0 Å². The lowest BCUT2D eigenvalue weighted by atomic mass is 10.2. The van der Waals surface area contributed by atoms with Crippen molar-refractivity contribution in [2.75, 3.05) is 12.3 Å². The van der Waals surface area contributed by atoms with Crippen LogP contribution in [0.1, 0.15) is 6.23 Å². The summed E-state index contributed by atoms with van der Waals surface area (Å²) >= 11 is 4.57. The molecule has 0 amide bonds. The fourth-order valence-corrected chi connectivity index (χ4v) is 4.07. The summed E-state index contributed by atoms with van der Waals surface area (Å²) in [6.45, 7) is -4.46. The largest absolute Gasteiger partial charge is 0.394 e. The summed E-state index contributed by atoms with van der Waals surface area (Å²) in [6.07, 6.45) is -2.51. The molecule has 4 atom stereocenters. The van der Waals surface area contributed by atoms with Crippen LogP contribution in [0, 0.1) is 0 Å². The van der Waals surface area contributed by atoms with E-state index < -0.39 is 42.9 Å². The molecule has 0 bridgehead atoms. The van der Waals surface area contributed by atoms with Gasteiger partial charge in [-0.2, -0.15) is 4.98 Å². The summed E-state index contributed by atoms with van der Waals surface area (Å²) in [7, 11) is 0. The summed E-state index contributed by atoms with van der Waals surface area (Å²) in [6, 6.07) is 1.33. The van der Waals surface area contributed by atoms with Crippen LogP contribution in [-0.2, 0) is 16.5 Å². The van der Waals surface area contributed by atoms with E-state index in [2.05, 4.69) is 16.8 Å². The average molecular weight is 323 g/mol. The SMILES string of the molecule is Nc1ccn([C@@H]2O[C@H](CO)[C@@H](P(O)(O)=S)[C@@H]2O)c(=O)n1. The van der Waals surface area contributed by atoms with Gasteiger partial charge in [-0.1, -0.05) is 0 Å². The van der Waals surface area contributed by atoms with Gasteiger partial charge in [0.15, 0.2) is 12.7 Å². The molecule has 6 N–H and O–H groups in total. The van der Waals surface area contributed by atoms with E-state index in [1.165, 1.54) is 12.3 Å². The van der Waals surface area contributed by atoms with Gasteiger partial charge >= 0.3 is 5.69 Å². The molecule has 11 heteroatoms. The van der Waals surface area contributed by atoms with Crippen LogP contribution in [0.25, 0.3) is 0 Å². The number of nitrogen functional groups attached to an aromatic ring is 1. The van der Waals surface area contributed by atoms with Crippen LogP contribution in [0.5, 0.6) is 0 Å². The Morgan fingerprint density at radius 1 is 1.55 bits per heavy atom. The molecule has 1 aliphatic heterocycles. The third-order valence-corrected chi connectivity index (χ3v) is 5.18. The predicted octanol–water partition coefficient (Wildman–Crippen LogP) is -2.26. The molecule has 2 rings (SSSR count). The molecule has 1 saturated heterocycles. The highest BCUT2D eigenvalue weighted by atomic mass is 32.5. The van der Waals surface area contributed by atoms with Crippen LogP contribution in [0.4, 0.5) is 5.82 Å². The van der Waals surface area contributed by atoms with Crippen LogP contribution in [-0.4, -0.2) is 54.0 Å². The monoisotopic (exact) mass is 323 g/mol. The van der Waals surface area contributed by atoms with Crippen molar-refractivity contribution in [2.45, 2.75) is 24.1 Å². The molecule has 112 valence electrons. The van der Waals surface area contributed by atoms with Crippen molar-refractivity contribution < 1.29 is 24.7 Å². The minimum atomic E-state index is -3.89. The Balaban J connectivity index is 2.40. The topological polar surface area (TPSA) is 151 Å². The highest BCUT2D eigenvalue weighted by Gasteiger charge is 2.50. The fourth-order valence-electron chi connectivity index (χ4n) is 2.14. The number of hydrogen-bond acceptors (Lipinski definition) is 7. The first-order valence-electron chi connectivity index (χ1n) is 5.60. The van der Waals surface area contributed by atoms with Gasteiger partial charge in [-0.25, -0.2) is 4.79 Å². The van der Waals surface area contributed by atoms with Crippen molar-refractivity contribution in [1.82, 2.24) is 9.55 Å². The second-order valence-electron chi connectivity index (χ2n) is 4.36. The van der Waals surface area contributed by atoms with Crippen molar-refractivity contribution in [3.8, 4) is 0 Å². The average Bonchev–Trinajstić information content (AvgIpc) is 2.66. The fraction of sp³-hybridized carbons (Fsp3) is 0.556. The Kier molecular flexibility index (Phi) is 4.26. The summed E-state index contributed by atoms with van der Waals surface area (Å²) in [5.41, 5.74) is 3.33. The maximum atomic E-state index is 11.7. The van der Waals surface area contributed by atoms with E-state index in [0.717, 1.165) is 4.57 Å². The molecule has 9 nitrogen and oxygen atoms in total. The molecular formula is C9H14N3O6PS. The molecule has 0 saturated carbocycles. The highest BCUT2D eigenvalue weighted by molar-refractivity contribution is 8.09. The standard InChI is InChI=1S/C9H14N3O6PS/c10-5-1-2-12(9(15)11-5)8-6(14)7(19(16,17)20)4(3-13)18-8/h1-2,4,6-8,13-14H,3H2,(H2,10,11,15)(H2,16,17,20)/t4-,6+,7-,8-/m1/s1. The molecule has 20 heavy (non-hydrogen) atoms. The van der Waals surface area contributed by atoms with Gasteiger partial charge in [0.05, 0.1) is 18.4 Å². The summed E-state index contributed by atoms with van der Waals surface area (Å²) < 4.78 is 6.25. The summed E-state index contributed by atoms with van der Waals surface area (Å²) in [5.74, 6) is 0.00317. The molecule has 0 spiro atoms. The third kappa shape index (κ3) is 2.77. The van der Waals surface area contributed by atoms with Gasteiger partial charge in [0.25, 0.3) is 0 Å². The van der Waals surface area contributed by atoms with E-state index in [-0.39, 0.29) is 5.82 Å². The summed E-state index contributed by atoms with van der Waals surface area (Å²) in [4.78, 5) is 34.3. The van der Waals surface area contributed by atoms with E-state index in [4.69, 9.17) is 10.5 Å². The number of nitrogens with zero attached hydrogens (tertiary/aromatic N) is 2. The third-order valence-electron chi connectivity index (χ3n) is 3.03. The molecule has 2 heterocycles. The van der Waals surface area contributed by atoms with Gasteiger partial charge < -0.3 is 30.5 Å². The van der Waals surface area contributed by atoms with Crippen molar-refractivity contribution >= 4 is 24.1 Å². The molecule has 0 aliphatic carbocycles. The van der Waals surface area contributed by atoms with E-state index in [0.29, 0.717) is 0 Å². The van der Waals surface area contributed by atoms with Gasteiger partial charge in [0.1, 0.15) is 11.9 Å². The Bertz CT molecular complexity index is 604. The quantitative estimate of drug-likeness (QED) is 0.388. The second kappa shape index (κ2) is 5.49. The Morgan fingerprint density at radius 2 is 2.20 bits per heavy atom. The first-order chi connectivity index (χ1) is 9.25. The molecular weight excluding hydrogens is 309 g/mol. The van der Waals surface area contributed by atoms with Crippen LogP contribution in [0.2, 0.25) is 0 Å². The Morgan fingerprint density at radius 3 is 2.65 bits per heavy atom. The maximum absolute atomic E-state index is 11.7. The lowest BCUT2D eigenvalue weighted by Crippen LogP contribution is -2.36. The minimum Gasteiger partial charge on any atom is -0.394 e. The Hall–Kier alpha value is -0.870. The van der Waals surface area contributed by atoms with Crippen LogP contribution >= 0.6 is 6.49 Å². The minimum absolute atomic E-state index is 0.00317. The van der Waals surface area contributed by atoms with Crippen LogP contribution in [0.15, 0.2) is 17.1 Å². The number of ether oxygens (including phenoxy) is 1. The highest BCUT2D eigenvalue weighted by Crippen LogP contribution is 2.51. The first-order valence-corrected chi connectivity index (χ1v) is 8.37. The van der Waals surface area contributed by atoms with Crippen LogP contribution < -0.4 is 11.4 Å². The molecule has 0 unspecified atom stereocenters. The van der Waals surface area contributed by atoms with Gasteiger partial charge in [0, 0.05) is 6.20 Å². The second-order valence-corrected chi connectivity index (χ2v) is 7.75. The van der Waals surface area contributed by atoms with Crippen molar-refractivity contribution in [3.63, 3.8) is 0 Å². The molecule has 1 fully saturated rings. The van der Waals surface area contributed by atoms with Crippen molar-refractivity contribution in [3.05, 3.63) is 22.7 Å². The maximum Gasteiger partial charge on any atom is 0.351 e. The first kappa shape index (κ1) is 15.5.